The zero-order valence-corrected chi connectivity index (χ0v) is 22.9. The lowest BCUT2D eigenvalue weighted by molar-refractivity contribution is -0.121. The van der Waals surface area contributed by atoms with E-state index in [1.165, 1.54) is 29.0 Å². The van der Waals surface area contributed by atoms with Gasteiger partial charge in [-0.15, -0.1) is 0 Å². The van der Waals surface area contributed by atoms with Gasteiger partial charge in [0.15, 0.2) is 6.61 Å². The number of hydrazine groups is 1. The van der Waals surface area contributed by atoms with Gasteiger partial charge in [0.1, 0.15) is 5.75 Å². The van der Waals surface area contributed by atoms with Crippen LogP contribution in [-0.4, -0.2) is 46.5 Å². The Morgan fingerprint density at radius 2 is 1.93 bits per heavy atom. The molecular weight excluding hydrogens is 504 g/mol. The van der Waals surface area contributed by atoms with Crippen molar-refractivity contribution in [3.63, 3.8) is 0 Å². The number of aryl methyl sites for hydroxylation is 1. The van der Waals surface area contributed by atoms with E-state index in [-0.39, 0.29) is 23.8 Å². The maximum absolute atomic E-state index is 13.5. The lowest BCUT2D eigenvalue weighted by atomic mass is 9.73. The van der Waals surface area contributed by atoms with Gasteiger partial charge in [-0.1, -0.05) is 32.1 Å². The lowest BCUT2D eigenvalue weighted by Gasteiger charge is -2.32. The van der Waals surface area contributed by atoms with Crippen LogP contribution in [0.1, 0.15) is 61.0 Å². The first-order valence-electron chi connectivity index (χ1n) is 13.9. The number of fused-ring (bicyclic) bond motifs is 2. The number of hydrogen-bond acceptors (Lipinski definition) is 7. The summed E-state index contributed by atoms with van der Waals surface area (Å²) in [6, 6.07) is 12.0. The molecular formula is C31H34N6O3. The van der Waals surface area contributed by atoms with Gasteiger partial charge >= 0.3 is 0 Å². The third-order valence-electron chi connectivity index (χ3n) is 7.86. The third-order valence-corrected chi connectivity index (χ3v) is 7.86. The maximum atomic E-state index is 13.5. The molecule has 1 aromatic heterocycles. The van der Waals surface area contributed by atoms with E-state index in [0.29, 0.717) is 41.7 Å². The molecule has 3 heterocycles. The average Bonchev–Trinajstić information content (AvgIpc) is 2.94. The van der Waals surface area contributed by atoms with Crippen LogP contribution in [-0.2, 0) is 16.6 Å². The summed E-state index contributed by atoms with van der Waals surface area (Å²) in [4.78, 5) is 36.6. The summed E-state index contributed by atoms with van der Waals surface area (Å²) < 4.78 is 5.62. The smallest absolute Gasteiger partial charge is 0.275 e. The number of rotatable bonds is 3. The maximum Gasteiger partial charge on any atom is 0.275 e. The molecule has 0 saturated carbocycles. The lowest BCUT2D eigenvalue weighted by Crippen LogP contribution is -2.40. The first-order valence-corrected chi connectivity index (χ1v) is 13.9. The van der Waals surface area contributed by atoms with Crippen molar-refractivity contribution in [3.8, 4) is 5.75 Å². The Labute approximate surface area is 234 Å². The topological polar surface area (TPSA) is 99.7 Å². The summed E-state index contributed by atoms with van der Waals surface area (Å²) in [6.07, 6.45) is 12.2. The van der Waals surface area contributed by atoms with Gasteiger partial charge in [0.2, 0.25) is 5.95 Å². The minimum absolute atomic E-state index is 0.0374. The largest absolute Gasteiger partial charge is 0.482 e. The second-order valence-corrected chi connectivity index (χ2v) is 11.2. The monoisotopic (exact) mass is 538 g/mol. The molecule has 0 spiro atoms. The molecule has 6 rings (SSSR count). The Morgan fingerprint density at radius 1 is 1.07 bits per heavy atom. The summed E-state index contributed by atoms with van der Waals surface area (Å²) in [5.74, 6) is 0.775. The van der Waals surface area contributed by atoms with Gasteiger partial charge in [-0.2, -0.15) is 0 Å². The molecule has 206 valence electrons. The number of benzene rings is 2. The van der Waals surface area contributed by atoms with Crippen LogP contribution in [0, 0.1) is 0 Å². The molecule has 0 atom stereocenters. The molecule has 3 aliphatic rings. The number of carbonyl (C=O) groups is 2. The van der Waals surface area contributed by atoms with Gasteiger partial charge < -0.3 is 15.0 Å². The van der Waals surface area contributed by atoms with Crippen LogP contribution in [0.25, 0.3) is 0 Å². The Balaban J connectivity index is 1.19. The normalized spacial score (nSPS) is 18.8. The quantitative estimate of drug-likeness (QED) is 0.432. The van der Waals surface area contributed by atoms with Crippen LogP contribution in [0.5, 0.6) is 5.75 Å². The number of ether oxygens (including phenoxy) is 1. The van der Waals surface area contributed by atoms with Crippen molar-refractivity contribution in [1.82, 2.24) is 15.0 Å². The predicted molar refractivity (Wildman–Crippen MR) is 155 cm³/mol. The van der Waals surface area contributed by atoms with Crippen molar-refractivity contribution in [1.29, 1.82) is 0 Å². The molecule has 0 unspecified atom stereocenters. The number of anilines is 4. The Bertz CT molecular complexity index is 1470. The summed E-state index contributed by atoms with van der Waals surface area (Å²) >= 11 is 0. The second-order valence-electron chi connectivity index (χ2n) is 11.2. The Hall–Kier alpha value is -4.40. The highest BCUT2D eigenvalue weighted by Crippen LogP contribution is 2.38. The molecule has 1 aliphatic carbocycles. The molecule has 0 fully saturated rings. The van der Waals surface area contributed by atoms with E-state index in [0.717, 1.165) is 24.9 Å². The average molecular weight is 539 g/mol. The van der Waals surface area contributed by atoms with Gasteiger partial charge in [0, 0.05) is 24.6 Å². The molecule has 9 nitrogen and oxygen atoms in total. The fourth-order valence-electron chi connectivity index (χ4n) is 5.70. The number of amides is 2. The van der Waals surface area contributed by atoms with Gasteiger partial charge in [-0.05, 0) is 79.0 Å². The molecule has 0 saturated heterocycles. The minimum Gasteiger partial charge on any atom is -0.482 e. The van der Waals surface area contributed by atoms with E-state index >= 15 is 0 Å². The fourth-order valence-corrected chi connectivity index (χ4v) is 5.70. The number of nitrogens with one attached hydrogen (secondary N) is 2. The number of carbonyl (C=O) groups excluding carboxylic acids is 2. The number of hydrogen-bond donors (Lipinski definition) is 2. The van der Waals surface area contributed by atoms with Crippen LogP contribution in [0.3, 0.4) is 0 Å². The first-order chi connectivity index (χ1) is 19.4. The highest BCUT2D eigenvalue weighted by molar-refractivity contribution is 5.99. The van der Waals surface area contributed by atoms with Crippen LogP contribution in [0.2, 0.25) is 0 Å². The van der Waals surface area contributed by atoms with Crippen molar-refractivity contribution in [3.05, 3.63) is 77.6 Å². The first kappa shape index (κ1) is 25.9. The van der Waals surface area contributed by atoms with Crippen molar-refractivity contribution in [2.75, 3.05) is 35.3 Å². The van der Waals surface area contributed by atoms with E-state index in [1.807, 2.05) is 30.4 Å². The second kappa shape index (κ2) is 10.6. The zero-order valence-electron chi connectivity index (χ0n) is 22.9. The standard InChI is InChI=1S/C31H34N6O3/c1-31(2)13-7-8-21-16-23(9-11-25(21)31)34-30-32-18-22(19-33-30)29(39)37-15-6-4-3-5-14-36-26-17-24(35-37)10-12-27(26)40-20-28(36)38/h4,6,9-12,16-19,35H,3,5,7-8,13-15,20H2,1-2H3,(H,32,33,34)/b6-4-. The molecule has 2 aromatic carbocycles. The molecule has 0 radical (unpaired) electrons. The highest BCUT2D eigenvalue weighted by Gasteiger charge is 2.28. The van der Waals surface area contributed by atoms with Gasteiger partial charge in [0.25, 0.3) is 11.8 Å². The molecule has 9 heteroatoms. The van der Waals surface area contributed by atoms with E-state index in [4.69, 9.17) is 4.74 Å². The summed E-state index contributed by atoms with van der Waals surface area (Å²) in [6.45, 7) is 5.62. The highest BCUT2D eigenvalue weighted by atomic mass is 16.5. The molecule has 3 aromatic rings. The van der Waals surface area contributed by atoms with Crippen molar-refractivity contribution in [2.24, 2.45) is 0 Å². The van der Waals surface area contributed by atoms with Crippen molar-refractivity contribution >= 4 is 34.8 Å². The van der Waals surface area contributed by atoms with Gasteiger partial charge in [-0.25, -0.2) is 15.0 Å². The van der Waals surface area contributed by atoms with Crippen molar-refractivity contribution < 1.29 is 14.3 Å². The van der Waals surface area contributed by atoms with E-state index in [9.17, 15) is 9.59 Å². The summed E-state index contributed by atoms with van der Waals surface area (Å²) in [7, 11) is 0. The van der Waals surface area contributed by atoms with Gasteiger partial charge in [0.05, 0.1) is 23.5 Å². The van der Waals surface area contributed by atoms with Crippen LogP contribution in [0.15, 0.2) is 60.9 Å². The molecule has 2 N–H and O–H groups in total. The van der Waals surface area contributed by atoms with Crippen molar-refractivity contribution in [2.45, 2.75) is 51.4 Å². The van der Waals surface area contributed by atoms with Crippen LogP contribution < -0.4 is 20.4 Å². The summed E-state index contributed by atoms with van der Waals surface area (Å²) in [5.41, 5.74) is 8.86. The van der Waals surface area contributed by atoms with Gasteiger partial charge in [-0.3, -0.25) is 15.0 Å². The third kappa shape index (κ3) is 5.23. The van der Waals surface area contributed by atoms with E-state index in [1.54, 1.807) is 17.3 Å². The molecule has 2 aliphatic heterocycles. The molecule has 40 heavy (non-hydrogen) atoms. The predicted octanol–water partition coefficient (Wildman–Crippen LogP) is 5.38. The summed E-state index contributed by atoms with van der Waals surface area (Å²) in [5, 5.41) is 4.80. The fraction of sp³-hybridized carbons (Fsp3) is 0.355. The SMILES string of the molecule is CC1(C)CCCc2cc(Nc3ncc(C(=O)N4C/C=C\CCCN5C(=O)COc6ccc(cc65)N4)cn3)ccc21. The number of aromatic nitrogens is 2. The van der Waals surface area contributed by atoms with Crippen LogP contribution in [0.4, 0.5) is 23.0 Å². The Kier molecular flexibility index (Phi) is 6.88. The van der Waals surface area contributed by atoms with Crippen LogP contribution >= 0.6 is 0 Å². The Morgan fingerprint density at radius 3 is 2.77 bits per heavy atom. The number of nitrogens with zero attached hydrogens (tertiary/aromatic N) is 4. The molecule has 2 amide bonds. The van der Waals surface area contributed by atoms with E-state index in [2.05, 4.69) is 52.8 Å². The zero-order chi connectivity index (χ0) is 27.7. The van der Waals surface area contributed by atoms with E-state index < -0.39 is 0 Å². The minimum atomic E-state index is -0.258. The molecule has 2 bridgehead atoms. The number of allylic oxidation sites excluding steroid dienone is 1.